The topological polar surface area (TPSA) is 144 Å². The molecular formula is C24H20N4O6S. The number of hydrogen-bond donors (Lipinski definition) is 2. The average Bonchev–Trinajstić information content (AvgIpc) is 3.36. The summed E-state index contributed by atoms with van der Waals surface area (Å²) in [6.45, 7) is 1.08. The minimum absolute atomic E-state index is 0.240. The molecule has 35 heavy (non-hydrogen) atoms. The maximum Gasteiger partial charge on any atom is 0.341 e. The first-order valence-electron chi connectivity index (χ1n) is 9.99. The molecule has 178 valence electrons. The normalized spacial score (nSPS) is 9.89. The van der Waals surface area contributed by atoms with Gasteiger partial charge in [-0.05, 0) is 30.3 Å². The largest absolute Gasteiger partial charge is 0.496 e. The van der Waals surface area contributed by atoms with Gasteiger partial charge in [0.1, 0.15) is 23.1 Å². The van der Waals surface area contributed by atoms with E-state index < -0.39 is 11.9 Å². The van der Waals surface area contributed by atoms with E-state index in [2.05, 4.69) is 21.4 Å². The molecule has 2 aromatic heterocycles. The van der Waals surface area contributed by atoms with Gasteiger partial charge in [-0.25, -0.2) is 9.78 Å². The Morgan fingerprint density at radius 1 is 1.14 bits per heavy atom. The Balaban J connectivity index is 0.000000795. The fourth-order valence-corrected chi connectivity index (χ4v) is 3.49. The smallest absolute Gasteiger partial charge is 0.341 e. The highest BCUT2D eigenvalue weighted by Gasteiger charge is 2.18. The first-order valence-corrected chi connectivity index (χ1v) is 10.9. The summed E-state index contributed by atoms with van der Waals surface area (Å²) in [7, 11) is 2.76. The van der Waals surface area contributed by atoms with E-state index in [1.54, 1.807) is 30.5 Å². The summed E-state index contributed by atoms with van der Waals surface area (Å²) in [6.07, 6.45) is 3.15. The number of pyridine rings is 1. The van der Waals surface area contributed by atoms with E-state index in [0.29, 0.717) is 38.8 Å². The molecule has 0 bridgehead atoms. The SMILES string of the molecule is CC(=O)O.COC(=O)c1cc2c(Nc3ccc(Oc4nccs4)cc3)c(C#N)cnc2cc1OC. The van der Waals surface area contributed by atoms with Crippen LogP contribution in [0.1, 0.15) is 22.8 Å². The van der Waals surface area contributed by atoms with Crippen molar-refractivity contribution in [3.63, 3.8) is 0 Å². The highest BCUT2D eigenvalue weighted by Crippen LogP contribution is 2.34. The number of nitriles is 1. The van der Waals surface area contributed by atoms with Crippen molar-refractivity contribution in [1.29, 1.82) is 5.26 Å². The van der Waals surface area contributed by atoms with Gasteiger partial charge in [-0.2, -0.15) is 5.26 Å². The van der Waals surface area contributed by atoms with Crippen molar-refractivity contribution in [2.75, 3.05) is 19.5 Å². The van der Waals surface area contributed by atoms with E-state index in [0.717, 1.165) is 12.6 Å². The first-order chi connectivity index (χ1) is 16.9. The van der Waals surface area contributed by atoms with Crippen LogP contribution in [0.2, 0.25) is 0 Å². The molecule has 10 nitrogen and oxygen atoms in total. The second-order valence-electron chi connectivity index (χ2n) is 6.79. The molecule has 2 aromatic carbocycles. The quantitative estimate of drug-likeness (QED) is 0.353. The van der Waals surface area contributed by atoms with Gasteiger partial charge >= 0.3 is 5.97 Å². The van der Waals surface area contributed by atoms with Crippen LogP contribution in [0.25, 0.3) is 10.9 Å². The lowest BCUT2D eigenvalue weighted by Crippen LogP contribution is -2.05. The van der Waals surface area contributed by atoms with E-state index >= 15 is 0 Å². The second-order valence-corrected chi connectivity index (χ2v) is 7.65. The van der Waals surface area contributed by atoms with Gasteiger partial charge in [0.2, 0.25) is 0 Å². The number of aliphatic carboxylic acids is 1. The molecule has 0 aliphatic carbocycles. The van der Waals surface area contributed by atoms with Crippen molar-refractivity contribution in [2.45, 2.75) is 6.92 Å². The summed E-state index contributed by atoms with van der Waals surface area (Å²) < 4.78 is 15.8. The minimum Gasteiger partial charge on any atom is -0.496 e. The van der Waals surface area contributed by atoms with Gasteiger partial charge in [-0.15, -0.1) is 0 Å². The Kier molecular flexibility index (Phi) is 8.15. The molecule has 0 saturated heterocycles. The number of anilines is 2. The lowest BCUT2D eigenvalue weighted by atomic mass is 10.1. The average molecular weight is 493 g/mol. The molecule has 0 aliphatic heterocycles. The third-order valence-corrected chi connectivity index (χ3v) is 5.10. The van der Waals surface area contributed by atoms with Crippen molar-refractivity contribution >= 4 is 45.6 Å². The number of rotatable bonds is 6. The van der Waals surface area contributed by atoms with Crippen molar-refractivity contribution in [1.82, 2.24) is 9.97 Å². The van der Waals surface area contributed by atoms with Crippen LogP contribution in [-0.2, 0) is 9.53 Å². The Labute approximate surface area is 204 Å². The highest BCUT2D eigenvalue weighted by atomic mass is 32.1. The van der Waals surface area contributed by atoms with Gasteiger partial charge in [0.15, 0.2) is 0 Å². The number of hydrogen-bond acceptors (Lipinski definition) is 10. The predicted octanol–water partition coefficient (Wildman–Crippen LogP) is 4.98. The monoisotopic (exact) mass is 492 g/mol. The minimum atomic E-state index is -0.833. The van der Waals surface area contributed by atoms with Crippen molar-refractivity contribution < 1.29 is 28.9 Å². The third-order valence-electron chi connectivity index (χ3n) is 4.45. The Morgan fingerprint density at radius 3 is 2.43 bits per heavy atom. The molecule has 0 atom stereocenters. The van der Waals surface area contributed by atoms with Crippen molar-refractivity contribution in [3.05, 3.63) is 65.3 Å². The van der Waals surface area contributed by atoms with Crippen molar-refractivity contribution in [3.8, 4) is 22.8 Å². The number of aromatic nitrogens is 2. The lowest BCUT2D eigenvalue weighted by molar-refractivity contribution is -0.134. The number of methoxy groups -OCH3 is 2. The van der Waals surface area contributed by atoms with Gasteiger partial charge in [0.25, 0.3) is 11.2 Å². The molecule has 0 saturated carbocycles. The molecule has 11 heteroatoms. The number of ether oxygens (including phenoxy) is 3. The summed E-state index contributed by atoms with van der Waals surface area (Å²) in [5.74, 6) is -0.403. The van der Waals surface area contributed by atoms with Gasteiger partial charge < -0.3 is 24.6 Å². The van der Waals surface area contributed by atoms with E-state index in [9.17, 15) is 10.1 Å². The van der Waals surface area contributed by atoms with Gasteiger partial charge in [0.05, 0.1) is 31.0 Å². The molecule has 0 spiro atoms. The number of carboxylic acids is 1. The number of thiazole rings is 1. The van der Waals surface area contributed by atoms with Gasteiger partial charge in [-0.1, -0.05) is 11.3 Å². The lowest BCUT2D eigenvalue weighted by Gasteiger charge is -2.14. The molecule has 4 aromatic rings. The third kappa shape index (κ3) is 6.21. The molecule has 0 unspecified atom stereocenters. The maximum atomic E-state index is 12.2. The summed E-state index contributed by atoms with van der Waals surface area (Å²) in [4.78, 5) is 29.6. The van der Waals surface area contributed by atoms with Crippen LogP contribution in [0.15, 0.2) is 54.2 Å². The number of carboxylic acid groups (broad SMARTS) is 1. The molecular weight excluding hydrogens is 472 g/mol. The molecule has 0 radical (unpaired) electrons. The number of nitrogens with zero attached hydrogens (tertiary/aromatic N) is 3. The van der Waals surface area contributed by atoms with Crippen LogP contribution in [0.3, 0.4) is 0 Å². The Morgan fingerprint density at radius 2 is 1.86 bits per heavy atom. The fraction of sp³-hybridized carbons (Fsp3) is 0.125. The summed E-state index contributed by atoms with van der Waals surface area (Å²) in [6, 6.07) is 12.6. The maximum absolute atomic E-state index is 12.2. The van der Waals surface area contributed by atoms with E-state index in [4.69, 9.17) is 24.1 Å². The number of benzene rings is 2. The highest BCUT2D eigenvalue weighted by molar-refractivity contribution is 7.11. The Bertz CT molecular complexity index is 1380. The summed E-state index contributed by atoms with van der Waals surface area (Å²) >= 11 is 1.40. The van der Waals surface area contributed by atoms with Crippen LogP contribution >= 0.6 is 11.3 Å². The number of fused-ring (bicyclic) bond motifs is 1. The molecule has 2 N–H and O–H groups in total. The molecule has 0 fully saturated rings. The summed E-state index contributed by atoms with van der Waals surface area (Å²) in [5.41, 5.74) is 2.38. The van der Waals surface area contributed by atoms with E-state index in [1.165, 1.54) is 31.8 Å². The van der Waals surface area contributed by atoms with Gasteiger partial charge in [-0.3, -0.25) is 9.78 Å². The number of nitrogens with one attached hydrogen (secondary N) is 1. The second kappa shape index (κ2) is 11.4. The number of esters is 1. The molecule has 0 amide bonds. The fourth-order valence-electron chi connectivity index (χ4n) is 2.99. The zero-order chi connectivity index (χ0) is 25.4. The van der Waals surface area contributed by atoms with Crippen LogP contribution < -0.4 is 14.8 Å². The predicted molar refractivity (Wildman–Crippen MR) is 130 cm³/mol. The van der Waals surface area contributed by atoms with Crippen LogP contribution in [0.5, 0.6) is 16.7 Å². The van der Waals surface area contributed by atoms with Crippen LogP contribution in [0.4, 0.5) is 11.4 Å². The van der Waals surface area contributed by atoms with E-state index in [-0.39, 0.29) is 5.56 Å². The van der Waals surface area contributed by atoms with E-state index in [1.807, 2.05) is 17.5 Å². The van der Waals surface area contributed by atoms with Crippen LogP contribution in [0, 0.1) is 11.3 Å². The molecule has 0 aliphatic rings. The first kappa shape index (κ1) is 24.9. The Hall–Kier alpha value is -4.69. The zero-order valence-corrected chi connectivity index (χ0v) is 19.8. The number of carbonyl (C=O) groups is 2. The van der Waals surface area contributed by atoms with Crippen molar-refractivity contribution in [2.24, 2.45) is 0 Å². The standard InChI is InChI=1S/C22H16N4O4S.C2H4O2/c1-28-19-10-18-16(9-17(19)21(27)29-2)20(13(11-23)12-25-18)26-14-3-5-15(6-4-14)30-22-24-7-8-31-22;1-2(3)4/h3-10,12H,1-2H3,(H,25,26);1H3,(H,3,4). The summed E-state index contributed by atoms with van der Waals surface area (Å²) in [5, 5.41) is 23.2. The molecule has 2 heterocycles. The zero-order valence-electron chi connectivity index (χ0n) is 18.9. The van der Waals surface area contributed by atoms with Crippen LogP contribution in [-0.4, -0.2) is 41.2 Å². The van der Waals surface area contributed by atoms with Gasteiger partial charge in [0, 0.05) is 41.8 Å². The number of carbonyl (C=O) groups excluding carboxylic acids is 1. The molecule has 4 rings (SSSR count).